The third-order valence-corrected chi connectivity index (χ3v) is 7.44. The average molecular weight is 592 g/mol. The van der Waals surface area contributed by atoms with E-state index in [-0.39, 0.29) is 17.4 Å². The molecule has 1 atom stereocenters. The van der Waals surface area contributed by atoms with Gasteiger partial charge in [0.1, 0.15) is 22.5 Å². The highest BCUT2D eigenvalue weighted by Crippen LogP contribution is 2.36. The summed E-state index contributed by atoms with van der Waals surface area (Å²) in [5.41, 5.74) is 2.18. The molecular formula is C34H26FN3O4S. The summed E-state index contributed by atoms with van der Waals surface area (Å²) >= 11 is 1.34. The standard InChI is InChI=1S/C34H26FN3O4S/c35-25-13-15-26(16-14-25)37-34(41)31(23-8-3-1-4-9-23)43-29-19-17-27(18-20-29)36-33(40)30(22-28-12-7-21-42-28)38-32(39)24-10-5-2-6-11-24/h1-22,31H,(H,36,40)(H,37,41)(H,38,39)/b30-22-. The van der Waals surface area contributed by atoms with Gasteiger partial charge in [-0.25, -0.2) is 4.39 Å². The molecule has 214 valence electrons. The first-order valence-electron chi connectivity index (χ1n) is 13.3. The van der Waals surface area contributed by atoms with Gasteiger partial charge in [0.15, 0.2) is 0 Å². The number of nitrogens with one attached hydrogen (secondary N) is 3. The minimum Gasteiger partial charge on any atom is -0.465 e. The Morgan fingerprint density at radius 1 is 0.721 bits per heavy atom. The van der Waals surface area contributed by atoms with E-state index < -0.39 is 17.1 Å². The van der Waals surface area contributed by atoms with Crippen LogP contribution in [0.4, 0.5) is 15.8 Å². The number of halogens is 1. The molecule has 43 heavy (non-hydrogen) atoms. The van der Waals surface area contributed by atoms with Crippen LogP contribution >= 0.6 is 11.8 Å². The maximum Gasteiger partial charge on any atom is 0.272 e. The van der Waals surface area contributed by atoms with Crippen molar-refractivity contribution in [3.05, 3.63) is 156 Å². The van der Waals surface area contributed by atoms with E-state index in [2.05, 4.69) is 16.0 Å². The summed E-state index contributed by atoms with van der Waals surface area (Å²) in [7, 11) is 0. The molecule has 0 saturated heterocycles. The molecule has 4 aromatic carbocycles. The van der Waals surface area contributed by atoms with Crippen LogP contribution in [0.3, 0.4) is 0 Å². The number of thioether (sulfide) groups is 1. The van der Waals surface area contributed by atoms with Gasteiger partial charge in [-0.15, -0.1) is 11.8 Å². The molecule has 5 aromatic rings. The Hall–Kier alpha value is -5.41. The maximum atomic E-state index is 13.3. The monoisotopic (exact) mass is 591 g/mol. The topological polar surface area (TPSA) is 100 Å². The molecule has 0 fully saturated rings. The second-order valence-electron chi connectivity index (χ2n) is 9.28. The highest BCUT2D eigenvalue weighted by molar-refractivity contribution is 8.00. The lowest BCUT2D eigenvalue weighted by Gasteiger charge is -2.17. The summed E-state index contributed by atoms with van der Waals surface area (Å²) in [5, 5.41) is 7.72. The second kappa shape index (κ2) is 14.0. The molecule has 0 aliphatic carbocycles. The van der Waals surface area contributed by atoms with Crippen LogP contribution in [0.25, 0.3) is 6.08 Å². The van der Waals surface area contributed by atoms with Gasteiger partial charge >= 0.3 is 0 Å². The molecule has 3 amide bonds. The number of carbonyl (C=O) groups excluding carboxylic acids is 3. The average Bonchev–Trinajstić information content (AvgIpc) is 3.55. The van der Waals surface area contributed by atoms with Crippen molar-refractivity contribution in [2.75, 3.05) is 10.6 Å². The molecule has 7 nitrogen and oxygen atoms in total. The molecule has 9 heteroatoms. The zero-order valence-corrected chi connectivity index (χ0v) is 23.5. The van der Waals surface area contributed by atoms with Gasteiger partial charge < -0.3 is 20.4 Å². The molecule has 1 unspecified atom stereocenters. The number of rotatable bonds is 10. The number of carbonyl (C=O) groups is 3. The summed E-state index contributed by atoms with van der Waals surface area (Å²) in [6.07, 6.45) is 2.92. The number of benzene rings is 4. The second-order valence-corrected chi connectivity index (χ2v) is 10.5. The molecule has 0 aliphatic heterocycles. The molecular weight excluding hydrogens is 565 g/mol. The van der Waals surface area contributed by atoms with E-state index in [4.69, 9.17) is 4.42 Å². The Kier molecular flexibility index (Phi) is 9.46. The van der Waals surface area contributed by atoms with E-state index >= 15 is 0 Å². The van der Waals surface area contributed by atoms with Crippen molar-refractivity contribution in [1.82, 2.24) is 5.32 Å². The van der Waals surface area contributed by atoms with Gasteiger partial charge in [-0.2, -0.15) is 0 Å². The summed E-state index contributed by atoms with van der Waals surface area (Å²) < 4.78 is 18.7. The van der Waals surface area contributed by atoms with Crippen molar-refractivity contribution in [3.8, 4) is 0 Å². The van der Waals surface area contributed by atoms with Crippen molar-refractivity contribution >= 4 is 46.9 Å². The SMILES string of the molecule is O=C(Nc1ccc(SC(C(=O)Nc2ccc(F)cc2)c2ccccc2)cc1)/C(=C/c1ccco1)NC(=O)c1ccccc1. The number of amides is 3. The zero-order valence-electron chi connectivity index (χ0n) is 22.7. The van der Waals surface area contributed by atoms with Crippen molar-refractivity contribution in [2.45, 2.75) is 10.1 Å². The Balaban J connectivity index is 1.30. The van der Waals surface area contributed by atoms with E-state index in [1.807, 2.05) is 30.3 Å². The van der Waals surface area contributed by atoms with E-state index in [1.54, 1.807) is 66.7 Å². The fourth-order valence-electron chi connectivity index (χ4n) is 4.05. The first-order valence-corrected chi connectivity index (χ1v) is 14.1. The van der Waals surface area contributed by atoms with E-state index in [0.717, 1.165) is 10.5 Å². The summed E-state index contributed by atoms with van der Waals surface area (Å²) in [5.74, 6) is -1.23. The normalized spacial score (nSPS) is 11.8. The Morgan fingerprint density at radius 3 is 2.00 bits per heavy atom. The van der Waals surface area contributed by atoms with Crippen molar-refractivity contribution in [2.24, 2.45) is 0 Å². The van der Waals surface area contributed by atoms with Crippen molar-refractivity contribution < 1.29 is 23.2 Å². The smallest absolute Gasteiger partial charge is 0.272 e. The number of furan rings is 1. The minimum atomic E-state index is -0.595. The molecule has 0 saturated carbocycles. The lowest BCUT2D eigenvalue weighted by molar-refractivity contribution is -0.116. The lowest BCUT2D eigenvalue weighted by atomic mass is 10.1. The van der Waals surface area contributed by atoms with Crippen LogP contribution in [-0.2, 0) is 9.59 Å². The number of anilines is 2. The van der Waals surface area contributed by atoms with Crippen LogP contribution < -0.4 is 16.0 Å². The van der Waals surface area contributed by atoms with Gasteiger partial charge in [-0.05, 0) is 78.4 Å². The third-order valence-electron chi connectivity index (χ3n) is 6.18. The summed E-state index contributed by atoms with van der Waals surface area (Å²) in [4.78, 5) is 40.1. The molecule has 0 aliphatic rings. The number of hydrogen-bond acceptors (Lipinski definition) is 5. The quantitative estimate of drug-likeness (QED) is 0.117. The first-order chi connectivity index (χ1) is 20.9. The molecule has 1 aromatic heterocycles. The highest BCUT2D eigenvalue weighted by atomic mass is 32.2. The van der Waals surface area contributed by atoms with E-state index in [1.165, 1.54) is 48.4 Å². The predicted molar refractivity (Wildman–Crippen MR) is 166 cm³/mol. The summed E-state index contributed by atoms with van der Waals surface area (Å²) in [6.45, 7) is 0. The first kappa shape index (κ1) is 29.1. The van der Waals surface area contributed by atoms with Crippen LogP contribution in [0.5, 0.6) is 0 Å². The number of hydrogen-bond donors (Lipinski definition) is 3. The van der Waals surface area contributed by atoms with Crippen LogP contribution in [0, 0.1) is 5.82 Å². The van der Waals surface area contributed by atoms with E-state index in [9.17, 15) is 18.8 Å². The van der Waals surface area contributed by atoms with Crippen LogP contribution in [0.2, 0.25) is 0 Å². The predicted octanol–water partition coefficient (Wildman–Crippen LogP) is 7.30. The Bertz CT molecular complexity index is 1710. The largest absolute Gasteiger partial charge is 0.465 e. The van der Waals surface area contributed by atoms with Crippen LogP contribution in [0.15, 0.2) is 143 Å². The van der Waals surface area contributed by atoms with Gasteiger partial charge in [0.05, 0.1) is 6.26 Å². The van der Waals surface area contributed by atoms with Crippen molar-refractivity contribution in [1.29, 1.82) is 0 Å². The lowest BCUT2D eigenvalue weighted by Crippen LogP contribution is -2.30. The van der Waals surface area contributed by atoms with Crippen LogP contribution in [-0.4, -0.2) is 17.7 Å². The molecule has 5 rings (SSSR count). The minimum absolute atomic E-state index is 0.00357. The molecule has 0 spiro atoms. The van der Waals surface area contributed by atoms with Gasteiger partial charge in [-0.1, -0.05) is 48.5 Å². The Morgan fingerprint density at radius 2 is 1.35 bits per heavy atom. The van der Waals surface area contributed by atoms with Gasteiger partial charge in [-0.3, -0.25) is 14.4 Å². The fraction of sp³-hybridized carbons (Fsp3) is 0.0294. The third kappa shape index (κ3) is 8.08. The fourth-order valence-corrected chi connectivity index (χ4v) is 5.08. The highest BCUT2D eigenvalue weighted by Gasteiger charge is 2.22. The van der Waals surface area contributed by atoms with Gasteiger partial charge in [0.25, 0.3) is 11.8 Å². The van der Waals surface area contributed by atoms with E-state index in [0.29, 0.717) is 22.7 Å². The zero-order chi connectivity index (χ0) is 30.0. The molecule has 0 radical (unpaired) electrons. The van der Waals surface area contributed by atoms with Gasteiger partial charge in [0, 0.05) is 27.9 Å². The Labute approximate surface area is 251 Å². The van der Waals surface area contributed by atoms with Crippen molar-refractivity contribution in [3.63, 3.8) is 0 Å². The summed E-state index contributed by atoms with van der Waals surface area (Å²) in [6, 6.07) is 33.8. The maximum absolute atomic E-state index is 13.3. The molecule has 0 bridgehead atoms. The molecule has 3 N–H and O–H groups in total. The van der Waals surface area contributed by atoms with Gasteiger partial charge in [0.2, 0.25) is 5.91 Å². The molecule has 1 heterocycles. The van der Waals surface area contributed by atoms with Crippen LogP contribution in [0.1, 0.15) is 26.9 Å².